The lowest BCUT2D eigenvalue weighted by Crippen LogP contribution is -2.35. The Bertz CT molecular complexity index is 507. The van der Waals surface area contributed by atoms with Gasteiger partial charge in [0, 0.05) is 11.4 Å². The third kappa shape index (κ3) is 1.90. The van der Waals surface area contributed by atoms with Crippen LogP contribution in [0.25, 0.3) is 10.9 Å². The van der Waals surface area contributed by atoms with Gasteiger partial charge in [0.05, 0.1) is 23.9 Å². The van der Waals surface area contributed by atoms with Gasteiger partial charge in [-0.2, -0.15) is 5.10 Å². The highest BCUT2D eigenvalue weighted by atomic mass is 16.3. The summed E-state index contributed by atoms with van der Waals surface area (Å²) in [4.78, 5) is 11.9. The van der Waals surface area contributed by atoms with Crippen LogP contribution < -0.4 is 5.32 Å². The predicted molar refractivity (Wildman–Crippen MR) is 60.1 cm³/mol. The van der Waals surface area contributed by atoms with E-state index in [-0.39, 0.29) is 18.6 Å². The SMILES string of the molecule is CC(CO)NC(=O)c1cccc2cn[nH]c12. The monoisotopic (exact) mass is 219 g/mol. The Morgan fingerprint density at radius 3 is 3.19 bits per heavy atom. The van der Waals surface area contributed by atoms with Gasteiger partial charge in [-0.15, -0.1) is 0 Å². The van der Waals surface area contributed by atoms with Gasteiger partial charge in [0.15, 0.2) is 0 Å². The summed E-state index contributed by atoms with van der Waals surface area (Å²) in [6, 6.07) is 5.15. The van der Waals surface area contributed by atoms with E-state index in [0.29, 0.717) is 11.1 Å². The molecule has 2 aromatic rings. The number of aromatic nitrogens is 2. The van der Waals surface area contributed by atoms with Crippen LogP contribution in [-0.4, -0.2) is 33.9 Å². The number of aliphatic hydroxyl groups excluding tert-OH is 1. The van der Waals surface area contributed by atoms with E-state index in [9.17, 15) is 4.79 Å². The predicted octanol–water partition coefficient (Wildman–Crippen LogP) is 0.673. The Hall–Kier alpha value is -1.88. The summed E-state index contributed by atoms with van der Waals surface area (Å²) in [6.45, 7) is 1.66. The third-order valence-corrected chi connectivity index (χ3v) is 2.37. The van der Waals surface area contributed by atoms with Crippen LogP contribution in [-0.2, 0) is 0 Å². The second-order valence-corrected chi connectivity index (χ2v) is 3.70. The molecule has 0 aliphatic heterocycles. The van der Waals surface area contributed by atoms with Gasteiger partial charge >= 0.3 is 0 Å². The van der Waals surface area contributed by atoms with Crippen LogP contribution in [0.4, 0.5) is 0 Å². The first-order chi connectivity index (χ1) is 7.72. The quantitative estimate of drug-likeness (QED) is 0.710. The van der Waals surface area contributed by atoms with Crippen LogP contribution in [0.2, 0.25) is 0 Å². The molecule has 5 nitrogen and oxygen atoms in total. The van der Waals surface area contributed by atoms with Crippen molar-refractivity contribution < 1.29 is 9.90 Å². The fourth-order valence-electron chi connectivity index (χ4n) is 1.51. The summed E-state index contributed by atoms with van der Waals surface area (Å²) in [5.74, 6) is -0.212. The van der Waals surface area contributed by atoms with Gasteiger partial charge in [0.1, 0.15) is 0 Å². The normalized spacial score (nSPS) is 12.6. The van der Waals surface area contributed by atoms with Gasteiger partial charge in [0.25, 0.3) is 5.91 Å². The van der Waals surface area contributed by atoms with E-state index >= 15 is 0 Å². The van der Waals surface area contributed by atoms with Crippen molar-refractivity contribution in [1.82, 2.24) is 15.5 Å². The molecule has 84 valence electrons. The van der Waals surface area contributed by atoms with E-state index in [1.807, 2.05) is 6.07 Å². The number of aromatic amines is 1. The number of hydrogen-bond acceptors (Lipinski definition) is 3. The fourth-order valence-corrected chi connectivity index (χ4v) is 1.51. The first-order valence-electron chi connectivity index (χ1n) is 5.06. The molecule has 16 heavy (non-hydrogen) atoms. The smallest absolute Gasteiger partial charge is 0.253 e. The molecule has 0 bridgehead atoms. The standard InChI is InChI=1S/C11H13N3O2/c1-7(6-15)13-11(16)9-4-2-3-8-5-12-14-10(8)9/h2-5,7,15H,6H2,1H3,(H,12,14)(H,13,16). The summed E-state index contributed by atoms with van der Waals surface area (Å²) in [6.07, 6.45) is 1.67. The molecule has 0 saturated heterocycles. The van der Waals surface area contributed by atoms with Gasteiger partial charge in [-0.1, -0.05) is 12.1 Å². The summed E-state index contributed by atoms with van der Waals surface area (Å²) in [7, 11) is 0. The molecule has 0 aliphatic rings. The highest BCUT2D eigenvalue weighted by molar-refractivity contribution is 6.05. The molecular weight excluding hydrogens is 206 g/mol. The van der Waals surface area contributed by atoms with E-state index in [4.69, 9.17) is 5.11 Å². The highest BCUT2D eigenvalue weighted by Crippen LogP contribution is 2.15. The maximum Gasteiger partial charge on any atom is 0.253 e. The molecule has 0 fully saturated rings. The van der Waals surface area contributed by atoms with Crippen molar-refractivity contribution in [2.45, 2.75) is 13.0 Å². The average Bonchev–Trinajstić information content (AvgIpc) is 2.76. The van der Waals surface area contributed by atoms with Crippen LogP contribution in [0.1, 0.15) is 17.3 Å². The van der Waals surface area contributed by atoms with Crippen molar-refractivity contribution in [2.24, 2.45) is 0 Å². The molecule has 0 aliphatic carbocycles. The number of hydrogen-bond donors (Lipinski definition) is 3. The second kappa shape index (κ2) is 4.32. The van der Waals surface area contributed by atoms with Crippen molar-refractivity contribution in [3.05, 3.63) is 30.0 Å². The van der Waals surface area contributed by atoms with Crippen molar-refractivity contribution in [3.63, 3.8) is 0 Å². The molecule has 1 heterocycles. The molecule has 0 radical (unpaired) electrons. The maximum atomic E-state index is 11.9. The number of carbonyl (C=O) groups excluding carboxylic acids is 1. The minimum atomic E-state index is -0.259. The van der Waals surface area contributed by atoms with E-state index < -0.39 is 0 Å². The number of para-hydroxylation sites is 1. The van der Waals surface area contributed by atoms with Crippen LogP contribution >= 0.6 is 0 Å². The number of aliphatic hydroxyl groups is 1. The molecular formula is C11H13N3O2. The topological polar surface area (TPSA) is 78.0 Å². The number of carbonyl (C=O) groups is 1. The molecule has 2 rings (SSSR count). The lowest BCUT2D eigenvalue weighted by molar-refractivity contribution is 0.0924. The average molecular weight is 219 g/mol. The lowest BCUT2D eigenvalue weighted by Gasteiger charge is -2.10. The van der Waals surface area contributed by atoms with Gasteiger partial charge < -0.3 is 10.4 Å². The third-order valence-electron chi connectivity index (χ3n) is 2.37. The Balaban J connectivity index is 2.32. The molecule has 1 unspecified atom stereocenters. The highest BCUT2D eigenvalue weighted by Gasteiger charge is 2.12. The van der Waals surface area contributed by atoms with Crippen LogP contribution in [0, 0.1) is 0 Å². The number of nitrogens with one attached hydrogen (secondary N) is 2. The number of nitrogens with zero attached hydrogens (tertiary/aromatic N) is 1. The minimum absolute atomic E-state index is 0.0787. The Morgan fingerprint density at radius 1 is 1.62 bits per heavy atom. The number of amides is 1. The molecule has 1 aromatic heterocycles. The van der Waals surface area contributed by atoms with Crippen LogP contribution in [0.5, 0.6) is 0 Å². The second-order valence-electron chi connectivity index (χ2n) is 3.70. The van der Waals surface area contributed by atoms with Crippen LogP contribution in [0.15, 0.2) is 24.4 Å². The Labute approximate surface area is 92.5 Å². The van der Waals surface area contributed by atoms with Crippen molar-refractivity contribution in [3.8, 4) is 0 Å². The first-order valence-corrected chi connectivity index (χ1v) is 5.06. The van der Waals surface area contributed by atoms with E-state index in [0.717, 1.165) is 5.39 Å². The molecule has 1 aromatic carbocycles. The molecule has 1 amide bonds. The molecule has 1 atom stereocenters. The molecule has 3 N–H and O–H groups in total. The zero-order chi connectivity index (χ0) is 11.5. The van der Waals surface area contributed by atoms with Gasteiger partial charge in [-0.05, 0) is 13.0 Å². The van der Waals surface area contributed by atoms with Crippen molar-refractivity contribution in [1.29, 1.82) is 0 Å². The minimum Gasteiger partial charge on any atom is -0.394 e. The lowest BCUT2D eigenvalue weighted by atomic mass is 10.1. The zero-order valence-electron chi connectivity index (χ0n) is 8.90. The van der Waals surface area contributed by atoms with Crippen LogP contribution in [0.3, 0.4) is 0 Å². The number of H-pyrrole nitrogens is 1. The molecule has 0 saturated carbocycles. The van der Waals surface area contributed by atoms with Crippen molar-refractivity contribution in [2.75, 3.05) is 6.61 Å². The van der Waals surface area contributed by atoms with Gasteiger partial charge in [-0.3, -0.25) is 9.89 Å². The van der Waals surface area contributed by atoms with E-state index in [1.54, 1.807) is 25.3 Å². The van der Waals surface area contributed by atoms with E-state index in [2.05, 4.69) is 15.5 Å². The number of benzene rings is 1. The summed E-state index contributed by atoms with van der Waals surface area (Å²) in [5.41, 5.74) is 1.25. The summed E-state index contributed by atoms with van der Waals surface area (Å²) < 4.78 is 0. The van der Waals surface area contributed by atoms with Crippen molar-refractivity contribution >= 4 is 16.8 Å². The van der Waals surface area contributed by atoms with E-state index in [1.165, 1.54) is 0 Å². The number of rotatable bonds is 3. The van der Waals surface area contributed by atoms with Gasteiger partial charge in [0.2, 0.25) is 0 Å². The zero-order valence-corrected chi connectivity index (χ0v) is 8.90. The number of fused-ring (bicyclic) bond motifs is 1. The Morgan fingerprint density at radius 2 is 2.44 bits per heavy atom. The largest absolute Gasteiger partial charge is 0.394 e. The molecule has 5 heteroatoms. The first kappa shape index (κ1) is 10.6. The molecule has 0 spiro atoms. The maximum absolute atomic E-state index is 11.9. The summed E-state index contributed by atoms with van der Waals surface area (Å²) >= 11 is 0. The summed E-state index contributed by atoms with van der Waals surface area (Å²) in [5, 5.41) is 19.1. The van der Waals surface area contributed by atoms with Gasteiger partial charge in [-0.25, -0.2) is 0 Å². The Kier molecular flexibility index (Phi) is 2.87. The fraction of sp³-hybridized carbons (Fsp3) is 0.273.